The first-order valence-corrected chi connectivity index (χ1v) is 3.13. The van der Waals surface area contributed by atoms with E-state index in [-0.39, 0.29) is 0 Å². The normalized spacial score (nSPS) is 9.71. The number of aromatic hydroxyl groups is 1. The summed E-state index contributed by atoms with van der Waals surface area (Å²) >= 11 is 0. The number of nitrogens with zero attached hydrogens (tertiary/aromatic N) is 1. The summed E-state index contributed by atoms with van der Waals surface area (Å²) < 4.78 is 50.1. The number of hydrogen-bond donors (Lipinski definition) is 1. The van der Waals surface area contributed by atoms with E-state index in [0.29, 0.717) is 0 Å². The maximum absolute atomic E-state index is 12.7. The molecule has 14 heavy (non-hydrogen) atoms. The van der Waals surface area contributed by atoms with Gasteiger partial charge in [0.2, 0.25) is 17.7 Å². The van der Waals surface area contributed by atoms with Crippen molar-refractivity contribution in [2.45, 2.75) is 0 Å². The molecular weight excluding hydrogens is 206 g/mol. The standard InChI is InChI=1S/C7HF4NO2/c8-2-3(9)5(11)7(14)6(4(2)10)12-1-13/h14H. The minimum atomic E-state index is -2.18. The molecule has 7 heteroatoms. The Balaban J connectivity index is 3.67. The van der Waals surface area contributed by atoms with Crippen molar-refractivity contribution in [3.05, 3.63) is 23.3 Å². The van der Waals surface area contributed by atoms with Gasteiger partial charge in [-0.3, -0.25) is 0 Å². The molecule has 0 heterocycles. The highest BCUT2D eigenvalue weighted by molar-refractivity contribution is 5.58. The van der Waals surface area contributed by atoms with Crippen molar-refractivity contribution in [2.75, 3.05) is 0 Å². The Hall–Kier alpha value is -1.88. The highest BCUT2D eigenvalue weighted by Crippen LogP contribution is 2.35. The first-order valence-electron chi connectivity index (χ1n) is 3.13. The van der Waals surface area contributed by atoms with E-state index < -0.39 is 34.7 Å². The van der Waals surface area contributed by atoms with Gasteiger partial charge in [-0.05, 0) is 0 Å². The molecule has 0 bridgehead atoms. The van der Waals surface area contributed by atoms with Crippen LogP contribution in [0.1, 0.15) is 0 Å². The zero-order valence-corrected chi connectivity index (χ0v) is 6.31. The Labute approximate surface area is 74.3 Å². The smallest absolute Gasteiger partial charge is 0.240 e. The lowest BCUT2D eigenvalue weighted by Crippen LogP contribution is -1.96. The summed E-state index contributed by atoms with van der Waals surface area (Å²) in [5.74, 6) is -9.88. The molecule has 74 valence electrons. The van der Waals surface area contributed by atoms with Gasteiger partial charge in [-0.25, -0.2) is 18.0 Å². The van der Waals surface area contributed by atoms with Gasteiger partial charge in [-0.1, -0.05) is 0 Å². The van der Waals surface area contributed by atoms with Crippen LogP contribution < -0.4 is 0 Å². The highest BCUT2D eigenvalue weighted by atomic mass is 19.2. The Morgan fingerprint density at radius 1 is 1.00 bits per heavy atom. The molecule has 0 saturated heterocycles. The van der Waals surface area contributed by atoms with Gasteiger partial charge in [0.15, 0.2) is 23.1 Å². The molecule has 0 unspecified atom stereocenters. The molecule has 0 aliphatic rings. The zero-order chi connectivity index (χ0) is 10.9. The summed E-state index contributed by atoms with van der Waals surface area (Å²) in [5, 5.41) is 8.72. The first-order chi connectivity index (χ1) is 6.50. The van der Waals surface area contributed by atoms with Crippen LogP contribution in [0, 0.1) is 23.3 Å². The van der Waals surface area contributed by atoms with Gasteiger partial charge in [-0.15, -0.1) is 0 Å². The van der Waals surface area contributed by atoms with Gasteiger partial charge in [0, 0.05) is 0 Å². The van der Waals surface area contributed by atoms with E-state index in [2.05, 4.69) is 4.99 Å². The Kier molecular flexibility index (Phi) is 2.53. The number of benzene rings is 1. The summed E-state index contributed by atoms with van der Waals surface area (Å²) in [6.45, 7) is 0. The summed E-state index contributed by atoms with van der Waals surface area (Å²) in [6.07, 6.45) is 0.759. The lowest BCUT2D eigenvalue weighted by molar-refractivity contribution is 0.367. The second-order valence-electron chi connectivity index (χ2n) is 2.16. The molecule has 0 spiro atoms. The molecule has 1 aromatic carbocycles. The first kappa shape index (κ1) is 10.2. The van der Waals surface area contributed by atoms with Crippen molar-refractivity contribution < 1.29 is 27.5 Å². The molecule has 0 radical (unpaired) electrons. The number of rotatable bonds is 1. The molecule has 0 aromatic heterocycles. The summed E-state index contributed by atoms with van der Waals surface area (Å²) in [6, 6.07) is 0. The van der Waals surface area contributed by atoms with Gasteiger partial charge in [-0.2, -0.15) is 9.38 Å². The van der Waals surface area contributed by atoms with Crippen molar-refractivity contribution in [1.29, 1.82) is 0 Å². The van der Waals surface area contributed by atoms with Crippen LogP contribution in [0.3, 0.4) is 0 Å². The van der Waals surface area contributed by atoms with Crippen molar-refractivity contribution in [3.8, 4) is 5.75 Å². The molecule has 3 nitrogen and oxygen atoms in total. The number of phenols is 1. The summed E-state index contributed by atoms with van der Waals surface area (Å²) in [4.78, 5) is 12.2. The van der Waals surface area contributed by atoms with Crippen molar-refractivity contribution in [2.24, 2.45) is 4.99 Å². The predicted octanol–water partition coefficient (Wildman–Crippen LogP) is 1.92. The Morgan fingerprint density at radius 2 is 1.50 bits per heavy atom. The lowest BCUT2D eigenvalue weighted by atomic mass is 10.2. The summed E-state index contributed by atoms with van der Waals surface area (Å²) in [5.41, 5.74) is -1.32. The molecule has 0 saturated carbocycles. The van der Waals surface area contributed by atoms with Crippen LogP contribution in [0.4, 0.5) is 23.2 Å². The topological polar surface area (TPSA) is 49.7 Å². The fraction of sp³-hybridized carbons (Fsp3) is 0. The Morgan fingerprint density at radius 3 is 2.00 bits per heavy atom. The van der Waals surface area contributed by atoms with Crippen LogP contribution in [0.2, 0.25) is 0 Å². The van der Waals surface area contributed by atoms with Crippen molar-refractivity contribution >= 4 is 11.8 Å². The average molecular weight is 207 g/mol. The molecule has 1 rings (SSSR count). The number of hydrogen-bond acceptors (Lipinski definition) is 3. The van der Waals surface area contributed by atoms with Crippen LogP contribution in [0.5, 0.6) is 5.75 Å². The van der Waals surface area contributed by atoms with E-state index in [1.807, 2.05) is 0 Å². The van der Waals surface area contributed by atoms with Crippen LogP contribution in [0.25, 0.3) is 0 Å². The molecule has 0 amide bonds. The fourth-order valence-corrected chi connectivity index (χ4v) is 0.756. The molecule has 1 aromatic rings. The van der Waals surface area contributed by atoms with E-state index in [4.69, 9.17) is 5.11 Å². The van der Waals surface area contributed by atoms with E-state index in [9.17, 15) is 22.4 Å². The second kappa shape index (κ2) is 3.47. The van der Waals surface area contributed by atoms with Crippen LogP contribution in [-0.2, 0) is 4.79 Å². The van der Waals surface area contributed by atoms with Crippen LogP contribution in [-0.4, -0.2) is 11.2 Å². The minimum absolute atomic E-state index is 0.759. The number of aliphatic imine (C=N–C) groups is 1. The van der Waals surface area contributed by atoms with E-state index in [0.717, 1.165) is 6.08 Å². The monoisotopic (exact) mass is 207 g/mol. The van der Waals surface area contributed by atoms with E-state index >= 15 is 0 Å². The Bertz CT molecular complexity index is 411. The number of halogens is 4. The van der Waals surface area contributed by atoms with Gasteiger partial charge in [0.1, 0.15) is 0 Å². The van der Waals surface area contributed by atoms with Gasteiger partial charge >= 0.3 is 0 Å². The quantitative estimate of drug-likeness (QED) is 0.251. The van der Waals surface area contributed by atoms with Crippen LogP contribution >= 0.6 is 0 Å². The van der Waals surface area contributed by atoms with Crippen molar-refractivity contribution in [1.82, 2.24) is 0 Å². The van der Waals surface area contributed by atoms with Crippen LogP contribution in [0.15, 0.2) is 4.99 Å². The van der Waals surface area contributed by atoms with Gasteiger partial charge in [0.05, 0.1) is 0 Å². The number of phenolic OH excluding ortho intramolecular Hbond substituents is 1. The fourth-order valence-electron chi connectivity index (χ4n) is 0.756. The van der Waals surface area contributed by atoms with Gasteiger partial charge < -0.3 is 5.11 Å². The van der Waals surface area contributed by atoms with E-state index in [1.165, 1.54) is 0 Å². The maximum Gasteiger partial charge on any atom is 0.240 e. The molecular formula is C7HF4NO2. The maximum atomic E-state index is 12.7. The second-order valence-corrected chi connectivity index (χ2v) is 2.16. The third-order valence-electron chi connectivity index (χ3n) is 1.38. The molecule has 0 atom stereocenters. The average Bonchev–Trinajstić information content (AvgIpc) is 2.19. The van der Waals surface area contributed by atoms with E-state index in [1.54, 1.807) is 0 Å². The number of carbonyl (C=O) groups excluding carboxylic acids is 1. The zero-order valence-electron chi connectivity index (χ0n) is 6.31. The highest BCUT2D eigenvalue weighted by Gasteiger charge is 2.24. The third kappa shape index (κ3) is 1.33. The predicted molar refractivity (Wildman–Crippen MR) is 35.7 cm³/mol. The third-order valence-corrected chi connectivity index (χ3v) is 1.38. The number of isocyanates is 1. The SMILES string of the molecule is O=C=Nc1c(O)c(F)c(F)c(F)c1F. The molecule has 0 aliphatic heterocycles. The molecule has 1 N–H and O–H groups in total. The molecule has 0 fully saturated rings. The summed E-state index contributed by atoms with van der Waals surface area (Å²) in [7, 11) is 0. The minimum Gasteiger partial charge on any atom is -0.503 e. The molecule has 0 aliphatic carbocycles. The van der Waals surface area contributed by atoms with Gasteiger partial charge in [0.25, 0.3) is 0 Å². The lowest BCUT2D eigenvalue weighted by Gasteiger charge is -2.02. The van der Waals surface area contributed by atoms with Crippen molar-refractivity contribution in [3.63, 3.8) is 0 Å². The largest absolute Gasteiger partial charge is 0.503 e.